The van der Waals surface area contributed by atoms with E-state index in [4.69, 9.17) is 0 Å². The van der Waals surface area contributed by atoms with Gasteiger partial charge in [0.25, 0.3) is 0 Å². The van der Waals surface area contributed by atoms with Crippen molar-refractivity contribution in [2.45, 2.75) is 151 Å². The number of alkyl halides is 42. The van der Waals surface area contributed by atoms with E-state index in [2.05, 4.69) is 48.6 Å². The van der Waals surface area contributed by atoms with E-state index in [1.165, 1.54) is 12.8 Å². The van der Waals surface area contributed by atoms with Gasteiger partial charge in [0.2, 0.25) is 0 Å². The third kappa shape index (κ3) is 10.5. The van der Waals surface area contributed by atoms with Gasteiger partial charge in [-0.15, -0.1) is 0 Å². The molecule has 0 saturated heterocycles. The monoisotopic (exact) mass is 1360 g/mol. The van der Waals surface area contributed by atoms with Crippen molar-refractivity contribution in [3.05, 3.63) is 73.4 Å². The first-order chi connectivity index (χ1) is 37.6. The molecule has 0 heterocycles. The highest BCUT2D eigenvalue weighted by Gasteiger charge is 3.00. The van der Waals surface area contributed by atoms with Crippen LogP contribution >= 0.6 is 0 Å². The van der Waals surface area contributed by atoms with Gasteiger partial charge < -0.3 is 0 Å². The van der Waals surface area contributed by atoms with E-state index in [-0.39, 0.29) is 0 Å². The van der Waals surface area contributed by atoms with Gasteiger partial charge in [-0.3, -0.25) is 0 Å². The molecule has 0 nitrogen and oxygen atoms in total. The molecule has 0 aliphatic heterocycles. The van der Waals surface area contributed by atoms with Gasteiger partial charge in [-0.1, -0.05) is 67.3 Å². The normalized spacial score (nSPS) is 24.8. The highest BCUT2D eigenvalue weighted by molar-refractivity contribution is 5.24. The molecule has 0 N–H and O–H groups in total. The molecule has 6 aliphatic rings. The number of allylic oxidation sites excluding steroid dienone is 11. The summed E-state index contributed by atoms with van der Waals surface area (Å²) in [7, 11) is 0. The molecule has 7 unspecified atom stereocenters. The fraction of sp³-hybridized carbons (Fsp3) is 0.727. The Morgan fingerprint density at radius 2 is 0.593 bits per heavy atom. The Bertz CT molecular complexity index is 2550. The SMILES string of the molecule is C1=CC2C3C=CC(C3)C2C1.C1=CCC=C1.C=CC(F)(F)C(F)(F)C(F)(F)C(F)(F)C(F)(F)C(F)(F)C(F)(F)C(F)(F)C(F)(F)C(F)(F)F.FC(F)(F)C(F)(F)C(F)(F)C(F)(F)C(F)(F)C(F)(F)C(F)(F)C(F)(F)C(F)(F)C(F)(F)C1CC2C=CC1C2. The first-order valence-corrected chi connectivity index (χ1v) is 22.5. The van der Waals surface area contributed by atoms with Crippen LogP contribution in [-0.2, 0) is 0 Å². The van der Waals surface area contributed by atoms with Crippen LogP contribution in [0.2, 0.25) is 0 Å². The molecule has 0 radical (unpaired) electrons. The Balaban J connectivity index is 0.000000360. The molecule has 0 aromatic carbocycles. The van der Waals surface area contributed by atoms with E-state index < -0.39 is 156 Å². The predicted octanol–water partition coefficient (Wildman–Crippen LogP) is 19.8. The van der Waals surface area contributed by atoms with Crippen molar-refractivity contribution in [1.82, 2.24) is 0 Å². The molecule has 86 heavy (non-hydrogen) atoms. The van der Waals surface area contributed by atoms with E-state index in [0.29, 0.717) is 6.08 Å². The lowest BCUT2D eigenvalue weighted by Crippen LogP contribution is -2.77. The van der Waals surface area contributed by atoms with Gasteiger partial charge in [0.1, 0.15) is 0 Å². The zero-order chi connectivity index (χ0) is 68.4. The number of fused-ring (bicyclic) bond motifs is 7. The summed E-state index contributed by atoms with van der Waals surface area (Å²) < 4.78 is 552. The molecule has 4 bridgehead atoms. The molecule has 500 valence electrons. The van der Waals surface area contributed by atoms with Gasteiger partial charge in [0.05, 0.1) is 0 Å². The maximum atomic E-state index is 14.3. The minimum Gasteiger partial charge on any atom is -0.199 e. The highest BCUT2D eigenvalue weighted by Crippen LogP contribution is 2.70. The molecular weight excluding hydrogens is 1330 g/mol. The minimum atomic E-state index is -9.15. The van der Waals surface area contributed by atoms with Gasteiger partial charge in [-0.05, 0) is 73.7 Å². The number of hydrogen-bond donors (Lipinski definition) is 0. The summed E-state index contributed by atoms with van der Waals surface area (Å²) in [6.07, 6.45) is 4.52. The molecule has 2 fully saturated rings. The third-order valence-corrected chi connectivity index (χ3v) is 14.2. The van der Waals surface area contributed by atoms with Crippen LogP contribution in [0, 0.1) is 41.4 Å². The second kappa shape index (κ2) is 21.9. The standard InChI is InChI=1S/C17H9F21.C12H3F21.C10H12.C5H6/c18-8(19,7-4-5-1-2-6(7)3-5)9(20,21)10(22,23)11(24,25)12(26,27)13(28,29)14(30,31)15(32,33)16(34,35)17(36,37)38;1-2-3(13,14)4(15,16)5(17,18)6(19,20)7(21,22)8(23,24)9(25,26)10(27,28)11(29,30)12(31,32)33;1-2-9-7-4-5-8(6-7)10(9)3-1;1-2-4-5-3-1/h1-2,5-7H,3-4H2;2H,1H2;1-2,4-5,7-10H,3,6H2;1-4H,5H2. The Hall–Kier alpha value is -4.50. The smallest absolute Gasteiger partial charge is 0.199 e. The fourth-order valence-electron chi connectivity index (χ4n) is 9.07. The van der Waals surface area contributed by atoms with Crippen LogP contribution in [0.1, 0.15) is 32.1 Å². The second-order valence-electron chi connectivity index (χ2n) is 19.5. The summed E-state index contributed by atoms with van der Waals surface area (Å²) in [6.45, 7) is 1.67. The minimum absolute atomic E-state index is 0.471. The van der Waals surface area contributed by atoms with Crippen molar-refractivity contribution < 1.29 is 184 Å². The molecule has 2 saturated carbocycles. The van der Waals surface area contributed by atoms with Crippen molar-refractivity contribution in [1.29, 1.82) is 0 Å². The second-order valence-corrected chi connectivity index (χ2v) is 19.5. The first kappa shape index (κ1) is 75.7. The van der Waals surface area contributed by atoms with Crippen LogP contribution in [0.3, 0.4) is 0 Å². The van der Waals surface area contributed by atoms with Crippen LogP contribution in [0.15, 0.2) is 73.4 Å². The van der Waals surface area contributed by atoms with Crippen molar-refractivity contribution in [2.24, 2.45) is 41.4 Å². The summed E-state index contributed by atoms with van der Waals surface area (Å²) in [4.78, 5) is 0. The zero-order valence-electron chi connectivity index (χ0n) is 40.5. The van der Waals surface area contributed by atoms with Crippen molar-refractivity contribution in [2.75, 3.05) is 0 Å². The maximum Gasteiger partial charge on any atom is 0.460 e. The van der Waals surface area contributed by atoms with Gasteiger partial charge in [-0.25, -0.2) is 0 Å². The molecule has 0 amide bonds. The van der Waals surface area contributed by atoms with Crippen LogP contribution in [0.25, 0.3) is 0 Å². The van der Waals surface area contributed by atoms with Gasteiger partial charge >= 0.3 is 119 Å². The van der Waals surface area contributed by atoms with E-state index in [1.54, 1.807) is 6.58 Å². The lowest BCUT2D eigenvalue weighted by molar-refractivity contribution is -0.475. The topological polar surface area (TPSA) is 0 Å². The number of hydrogen-bond acceptors (Lipinski definition) is 0. The Morgan fingerprint density at radius 1 is 0.291 bits per heavy atom. The van der Waals surface area contributed by atoms with Crippen molar-refractivity contribution in [3.63, 3.8) is 0 Å². The fourth-order valence-corrected chi connectivity index (χ4v) is 9.07. The van der Waals surface area contributed by atoms with Crippen LogP contribution < -0.4 is 0 Å². The van der Waals surface area contributed by atoms with Crippen LogP contribution in [0.5, 0.6) is 0 Å². The summed E-state index contributed by atoms with van der Waals surface area (Å²) in [5.41, 5.74) is 0. The van der Waals surface area contributed by atoms with E-state index in [9.17, 15) is 184 Å². The highest BCUT2D eigenvalue weighted by atomic mass is 19.5. The predicted molar refractivity (Wildman–Crippen MR) is 205 cm³/mol. The molecule has 42 heteroatoms. The maximum absolute atomic E-state index is 14.3. The average molecular weight is 1360 g/mol. The summed E-state index contributed by atoms with van der Waals surface area (Å²) in [5.74, 6) is -155. The molecule has 0 aromatic rings. The lowest BCUT2D eigenvalue weighted by atomic mass is 9.80. The van der Waals surface area contributed by atoms with E-state index in [0.717, 1.165) is 36.2 Å². The van der Waals surface area contributed by atoms with Gasteiger partial charge in [0.15, 0.2) is 0 Å². The molecule has 0 spiro atoms. The Labute approximate surface area is 450 Å². The van der Waals surface area contributed by atoms with Gasteiger partial charge in [-0.2, -0.15) is 184 Å². The summed E-state index contributed by atoms with van der Waals surface area (Å²) >= 11 is 0. The van der Waals surface area contributed by atoms with Crippen molar-refractivity contribution in [3.8, 4) is 0 Å². The average Bonchev–Trinajstić information content (AvgIpc) is 0.916. The lowest BCUT2D eigenvalue weighted by Gasteiger charge is -2.45. The van der Waals surface area contributed by atoms with Crippen LogP contribution in [0.4, 0.5) is 184 Å². The molecule has 6 rings (SSSR count). The Morgan fingerprint density at radius 3 is 0.860 bits per heavy atom. The molecule has 0 aromatic heterocycles. The quantitative estimate of drug-likeness (QED) is 0.0948. The summed E-state index contributed by atoms with van der Waals surface area (Å²) in [6, 6.07) is 0. The number of halogens is 42. The van der Waals surface area contributed by atoms with E-state index >= 15 is 0 Å². The largest absolute Gasteiger partial charge is 0.460 e. The molecule has 7 atom stereocenters. The molecular formula is C44H30F42. The van der Waals surface area contributed by atoms with Crippen LogP contribution in [-0.4, -0.2) is 119 Å². The summed E-state index contributed by atoms with van der Waals surface area (Å²) in [5, 5.41) is 0. The molecule has 6 aliphatic carbocycles. The number of rotatable bonds is 18. The zero-order valence-corrected chi connectivity index (χ0v) is 40.5. The van der Waals surface area contributed by atoms with Crippen molar-refractivity contribution >= 4 is 0 Å². The third-order valence-electron chi connectivity index (χ3n) is 14.2. The first-order valence-electron chi connectivity index (χ1n) is 22.5. The van der Waals surface area contributed by atoms with Gasteiger partial charge in [0, 0.05) is 5.92 Å². The Kier molecular flexibility index (Phi) is 19.3. The van der Waals surface area contributed by atoms with E-state index in [1.807, 2.05) is 0 Å².